The summed E-state index contributed by atoms with van der Waals surface area (Å²) in [5.41, 5.74) is -0.396. The number of amides is 1. The molecule has 1 aliphatic rings. The summed E-state index contributed by atoms with van der Waals surface area (Å²) in [5.74, 6) is -2.01. The van der Waals surface area contributed by atoms with E-state index in [1.807, 2.05) is 0 Å². The largest absolute Gasteiger partial charge is 0.310 e. The highest BCUT2D eigenvalue weighted by Gasteiger charge is 2.32. The van der Waals surface area contributed by atoms with Crippen molar-refractivity contribution in [3.05, 3.63) is 64.0 Å². The Morgan fingerprint density at radius 2 is 2.17 bits per heavy atom. The SMILES string of the molecule is C=CCSc1nc2c(c(=O)[nH]1)[C@H](c1cc(F)ccc1F)CC(=O)N2. The van der Waals surface area contributed by atoms with Crippen LogP contribution < -0.4 is 10.9 Å². The zero-order valence-electron chi connectivity index (χ0n) is 12.4. The first-order valence-corrected chi connectivity index (χ1v) is 8.11. The molecule has 0 spiro atoms. The Labute approximate surface area is 140 Å². The van der Waals surface area contributed by atoms with Gasteiger partial charge in [-0.2, -0.15) is 0 Å². The van der Waals surface area contributed by atoms with Gasteiger partial charge in [-0.3, -0.25) is 9.59 Å². The molecule has 2 N–H and O–H groups in total. The molecular weight excluding hydrogens is 336 g/mol. The van der Waals surface area contributed by atoms with Gasteiger partial charge in [0.25, 0.3) is 5.56 Å². The van der Waals surface area contributed by atoms with Crippen LogP contribution >= 0.6 is 11.8 Å². The number of H-pyrrole nitrogens is 1. The third-order valence-corrected chi connectivity index (χ3v) is 4.47. The number of benzene rings is 1. The van der Waals surface area contributed by atoms with E-state index in [0.29, 0.717) is 10.9 Å². The number of nitrogens with one attached hydrogen (secondary N) is 2. The lowest BCUT2D eigenvalue weighted by Crippen LogP contribution is -2.31. The molecule has 1 amide bonds. The van der Waals surface area contributed by atoms with Gasteiger partial charge in [-0.15, -0.1) is 6.58 Å². The Kier molecular flexibility index (Phi) is 4.48. The van der Waals surface area contributed by atoms with Crippen molar-refractivity contribution < 1.29 is 13.6 Å². The molecule has 1 aromatic heterocycles. The van der Waals surface area contributed by atoms with Crippen molar-refractivity contribution in [1.82, 2.24) is 9.97 Å². The van der Waals surface area contributed by atoms with E-state index in [2.05, 4.69) is 21.9 Å². The van der Waals surface area contributed by atoms with Crippen LogP contribution in [-0.2, 0) is 4.79 Å². The molecule has 24 heavy (non-hydrogen) atoms. The average Bonchev–Trinajstić information content (AvgIpc) is 2.54. The second-order valence-electron chi connectivity index (χ2n) is 5.20. The van der Waals surface area contributed by atoms with Gasteiger partial charge in [0.1, 0.15) is 17.5 Å². The summed E-state index contributed by atoms with van der Waals surface area (Å²) in [6, 6.07) is 2.97. The lowest BCUT2D eigenvalue weighted by atomic mass is 9.86. The molecule has 5 nitrogen and oxygen atoms in total. The highest BCUT2D eigenvalue weighted by Crippen LogP contribution is 2.35. The van der Waals surface area contributed by atoms with Gasteiger partial charge < -0.3 is 10.3 Å². The maximum Gasteiger partial charge on any atom is 0.257 e. The number of nitrogens with zero attached hydrogens (tertiary/aromatic N) is 1. The number of carbonyl (C=O) groups is 1. The Hall–Kier alpha value is -2.48. The van der Waals surface area contributed by atoms with E-state index in [9.17, 15) is 18.4 Å². The number of anilines is 1. The Morgan fingerprint density at radius 3 is 2.92 bits per heavy atom. The summed E-state index contributed by atoms with van der Waals surface area (Å²) < 4.78 is 27.6. The second-order valence-corrected chi connectivity index (χ2v) is 6.21. The van der Waals surface area contributed by atoms with Crippen molar-refractivity contribution in [2.24, 2.45) is 0 Å². The molecule has 0 saturated carbocycles. The van der Waals surface area contributed by atoms with Crippen LogP contribution in [0.1, 0.15) is 23.5 Å². The number of aromatic nitrogens is 2. The summed E-state index contributed by atoms with van der Waals surface area (Å²) in [6.45, 7) is 3.58. The van der Waals surface area contributed by atoms with Crippen LogP contribution in [0.15, 0.2) is 40.8 Å². The first-order chi connectivity index (χ1) is 11.5. The maximum absolute atomic E-state index is 14.1. The van der Waals surface area contributed by atoms with Crippen molar-refractivity contribution in [3.8, 4) is 0 Å². The van der Waals surface area contributed by atoms with Crippen molar-refractivity contribution in [1.29, 1.82) is 0 Å². The molecule has 2 aromatic rings. The van der Waals surface area contributed by atoms with Gasteiger partial charge in [0.2, 0.25) is 5.91 Å². The molecule has 8 heteroatoms. The average molecular weight is 349 g/mol. The molecule has 0 saturated heterocycles. The topological polar surface area (TPSA) is 74.8 Å². The standard InChI is InChI=1S/C16H13F2N3O2S/c1-2-5-24-16-20-14-13(15(23)21-16)10(7-12(22)19-14)9-6-8(17)3-4-11(9)18/h2-4,6,10H,1,5,7H2,(H2,19,20,21,22,23)/t10-/m0/s1. The zero-order valence-corrected chi connectivity index (χ0v) is 13.3. The Balaban J connectivity index is 2.13. The lowest BCUT2D eigenvalue weighted by molar-refractivity contribution is -0.116. The monoisotopic (exact) mass is 349 g/mol. The predicted molar refractivity (Wildman–Crippen MR) is 87.2 cm³/mol. The van der Waals surface area contributed by atoms with Gasteiger partial charge in [0, 0.05) is 18.1 Å². The van der Waals surface area contributed by atoms with Crippen molar-refractivity contribution in [2.45, 2.75) is 17.5 Å². The van der Waals surface area contributed by atoms with Crippen LogP contribution in [0.4, 0.5) is 14.6 Å². The molecule has 3 rings (SSSR count). The fraction of sp³-hybridized carbons (Fsp3) is 0.188. The van der Waals surface area contributed by atoms with Crippen LogP contribution in [0.5, 0.6) is 0 Å². The van der Waals surface area contributed by atoms with E-state index < -0.39 is 29.0 Å². The number of hydrogen-bond acceptors (Lipinski definition) is 4. The highest BCUT2D eigenvalue weighted by atomic mass is 32.2. The molecular formula is C16H13F2N3O2S. The van der Waals surface area contributed by atoms with E-state index in [0.717, 1.165) is 18.2 Å². The second kappa shape index (κ2) is 6.56. The minimum atomic E-state index is -0.890. The van der Waals surface area contributed by atoms with Gasteiger partial charge >= 0.3 is 0 Å². The van der Waals surface area contributed by atoms with Crippen LogP contribution in [-0.4, -0.2) is 21.6 Å². The molecule has 1 aliphatic heterocycles. The van der Waals surface area contributed by atoms with Gasteiger partial charge in [-0.25, -0.2) is 13.8 Å². The van der Waals surface area contributed by atoms with Crippen LogP contribution in [0.2, 0.25) is 0 Å². The van der Waals surface area contributed by atoms with E-state index in [1.54, 1.807) is 6.08 Å². The van der Waals surface area contributed by atoms with E-state index in [-0.39, 0.29) is 23.4 Å². The van der Waals surface area contributed by atoms with E-state index >= 15 is 0 Å². The van der Waals surface area contributed by atoms with Gasteiger partial charge in [-0.05, 0) is 23.8 Å². The quantitative estimate of drug-likeness (QED) is 0.506. The van der Waals surface area contributed by atoms with Gasteiger partial charge in [-0.1, -0.05) is 17.8 Å². The summed E-state index contributed by atoms with van der Waals surface area (Å²) in [5, 5.41) is 2.84. The van der Waals surface area contributed by atoms with Gasteiger partial charge in [0.15, 0.2) is 5.16 Å². The number of thioether (sulfide) groups is 1. The third kappa shape index (κ3) is 3.09. The molecule has 0 aliphatic carbocycles. The molecule has 0 fully saturated rings. The first kappa shape index (κ1) is 16.4. The smallest absolute Gasteiger partial charge is 0.257 e. The molecule has 2 heterocycles. The number of fused-ring (bicyclic) bond motifs is 1. The van der Waals surface area contributed by atoms with Crippen LogP contribution in [0.25, 0.3) is 0 Å². The number of carbonyl (C=O) groups excluding carboxylic acids is 1. The van der Waals surface area contributed by atoms with Crippen molar-refractivity contribution >= 4 is 23.5 Å². The van der Waals surface area contributed by atoms with E-state index in [1.165, 1.54) is 11.8 Å². The molecule has 0 bridgehead atoms. The number of aromatic amines is 1. The first-order valence-electron chi connectivity index (χ1n) is 7.12. The Bertz CT molecular complexity index is 882. The highest BCUT2D eigenvalue weighted by molar-refractivity contribution is 7.99. The summed E-state index contributed by atoms with van der Waals surface area (Å²) >= 11 is 1.24. The number of hydrogen-bond donors (Lipinski definition) is 2. The number of halogens is 2. The fourth-order valence-electron chi connectivity index (χ4n) is 2.60. The molecule has 0 unspecified atom stereocenters. The normalized spacial score (nSPS) is 16.4. The Morgan fingerprint density at radius 1 is 1.38 bits per heavy atom. The maximum atomic E-state index is 14.1. The molecule has 1 aromatic carbocycles. The summed E-state index contributed by atoms with van der Waals surface area (Å²) in [6.07, 6.45) is 1.49. The van der Waals surface area contributed by atoms with Crippen LogP contribution in [0.3, 0.4) is 0 Å². The van der Waals surface area contributed by atoms with Crippen molar-refractivity contribution in [2.75, 3.05) is 11.1 Å². The van der Waals surface area contributed by atoms with Crippen LogP contribution in [0, 0.1) is 11.6 Å². The minimum Gasteiger partial charge on any atom is -0.310 e. The minimum absolute atomic E-state index is 0.0371. The zero-order chi connectivity index (χ0) is 17.3. The third-order valence-electron chi connectivity index (χ3n) is 3.60. The molecule has 124 valence electrons. The van der Waals surface area contributed by atoms with Gasteiger partial charge in [0.05, 0.1) is 5.56 Å². The summed E-state index contributed by atoms with van der Waals surface area (Å²) in [7, 11) is 0. The number of rotatable bonds is 4. The van der Waals surface area contributed by atoms with E-state index in [4.69, 9.17) is 0 Å². The fourth-order valence-corrected chi connectivity index (χ4v) is 3.20. The summed E-state index contributed by atoms with van der Waals surface area (Å²) in [4.78, 5) is 31.2. The lowest BCUT2D eigenvalue weighted by Gasteiger charge is -2.24. The molecule has 1 atom stereocenters. The van der Waals surface area contributed by atoms with Crippen molar-refractivity contribution in [3.63, 3.8) is 0 Å². The molecule has 0 radical (unpaired) electrons. The predicted octanol–water partition coefficient (Wildman–Crippen LogP) is 2.80.